The molecule has 3 aromatic rings. The molecule has 2 saturated heterocycles. The summed E-state index contributed by atoms with van der Waals surface area (Å²) in [4.78, 5) is 32.1. The van der Waals surface area contributed by atoms with E-state index < -0.39 is 0 Å². The van der Waals surface area contributed by atoms with Gasteiger partial charge >= 0.3 is 6.09 Å². The van der Waals surface area contributed by atoms with Crippen LogP contribution in [-0.4, -0.2) is 33.8 Å². The number of pyridine rings is 1. The molecule has 5 rings (SSSR count). The summed E-state index contributed by atoms with van der Waals surface area (Å²) in [5, 5.41) is 0.980. The van der Waals surface area contributed by atoms with Gasteiger partial charge in [0.2, 0.25) is 0 Å². The summed E-state index contributed by atoms with van der Waals surface area (Å²) in [6.07, 6.45) is 4.80. The summed E-state index contributed by atoms with van der Waals surface area (Å²) in [5.74, 6) is 0.129. The van der Waals surface area contributed by atoms with Crippen molar-refractivity contribution in [2.45, 2.75) is 44.4 Å². The van der Waals surface area contributed by atoms with Crippen LogP contribution in [0.25, 0.3) is 10.9 Å². The number of rotatable bonds is 4. The van der Waals surface area contributed by atoms with E-state index in [9.17, 15) is 9.59 Å². The highest BCUT2D eigenvalue weighted by molar-refractivity contribution is 6.01. The molecule has 30 heavy (non-hydrogen) atoms. The molecular weight excluding hydrogens is 376 g/mol. The standard InChI is InChI=1S/C25H24N2O3/c28-24(19-8-11-23-18(13-19)7-4-12-26-23)20-14-21-9-10-22(15-20)27(21)25(29)30-16-17-5-2-1-3-6-17/h1-8,11-13,20-22H,9-10,14-16H2. The Morgan fingerprint density at radius 3 is 2.50 bits per heavy atom. The normalized spacial score (nSPS) is 22.8. The van der Waals surface area contributed by atoms with Crippen LogP contribution >= 0.6 is 0 Å². The van der Waals surface area contributed by atoms with Crippen molar-refractivity contribution in [1.29, 1.82) is 0 Å². The highest BCUT2D eigenvalue weighted by Gasteiger charge is 2.45. The Morgan fingerprint density at radius 1 is 0.967 bits per heavy atom. The van der Waals surface area contributed by atoms with Crippen LogP contribution in [0.2, 0.25) is 0 Å². The lowest BCUT2D eigenvalue weighted by Gasteiger charge is -2.37. The number of fused-ring (bicyclic) bond motifs is 3. The van der Waals surface area contributed by atoms with Crippen molar-refractivity contribution in [3.8, 4) is 0 Å². The molecule has 2 bridgehead atoms. The minimum absolute atomic E-state index is 0.0465. The molecule has 2 aromatic carbocycles. The van der Waals surface area contributed by atoms with E-state index in [1.165, 1.54) is 0 Å². The minimum Gasteiger partial charge on any atom is -0.445 e. The van der Waals surface area contributed by atoms with Gasteiger partial charge in [0.25, 0.3) is 0 Å². The molecule has 5 heteroatoms. The first-order chi connectivity index (χ1) is 14.7. The third kappa shape index (κ3) is 3.56. The van der Waals surface area contributed by atoms with Gasteiger partial charge in [0.05, 0.1) is 5.52 Å². The van der Waals surface area contributed by atoms with E-state index in [0.29, 0.717) is 12.8 Å². The number of amides is 1. The average Bonchev–Trinajstić information content (AvgIpc) is 3.06. The number of ether oxygens (including phenoxy) is 1. The van der Waals surface area contributed by atoms with E-state index >= 15 is 0 Å². The van der Waals surface area contributed by atoms with E-state index in [0.717, 1.165) is 34.9 Å². The largest absolute Gasteiger partial charge is 0.445 e. The van der Waals surface area contributed by atoms with Crippen LogP contribution in [0.15, 0.2) is 66.9 Å². The SMILES string of the molecule is O=C(c1ccc2ncccc2c1)C1CC2CCC(C1)N2C(=O)OCc1ccccc1. The highest BCUT2D eigenvalue weighted by atomic mass is 16.6. The number of ketones is 1. The zero-order chi connectivity index (χ0) is 20.5. The topological polar surface area (TPSA) is 59.5 Å². The summed E-state index contributed by atoms with van der Waals surface area (Å²) in [6, 6.07) is 19.5. The zero-order valence-corrected chi connectivity index (χ0v) is 16.7. The molecule has 3 heterocycles. The van der Waals surface area contributed by atoms with Gasteiger partial charge in [0, 0.05) is 35.1 Å². The number of carbonyl (C=O) groups excluding carboxylic acids is 2. The second-order valence-corrected chi connectivity index (χ2v) is 8.28. The van der Waals surface area contributed by atoms with E-state index in [-0.39, 0.29) is 36.5 Å². The van der Waals surface area contributed by atoms with Crippen molar-refractivity contribution in [1.82, 2.24) is 9.88 Å². The van der Waals surface area contributed by atoms with Crippen molar-refractivity contribution in [2.24, 2.45) is 5.92 Å². The molecule has 5 nitrogen and oxygen atoms in total. The van der Waals surface area contributed by atoms with E-state index in [1.54, 1.807) is 6.20 Å². The van der Waals surface area contributed by atoms with E-state index in [1.807, 2.05) is 65.6 Å². The second-order valence-electron chi connectivity index (χ2n) is 8.28. The fourth-order valence-corrected chi connectivity index (χ4v) is 4.95. The Kier molecular flexibility index (Phi) is 4.95. The summed E-state index contributed by atoms with van der Waals surface area (Å²) in [5.41, 5.74) is 2.61. The van der Waals surface area contributed by atoms with Crippen LogP contribution in [0.5, 0.6) is 0 Å². The first-order valence-corrected chi connectivity index (χ1v) is 10.6. The van der Waals surface area contributed by atoms with Crippen molar-refractivity contribution >= 4 is 22.8 Å². The highest BCUT2D eigenvalue weighted by Crippen LogP contribution is 2.40. The Bertz CT molecular complexity index is 1070. The van der Waals surface area contributed by atoms with E-state index in [4.69, 9.17) is 4.74 Å². The van der Waals surface area contributed by atoms with Gasteiger partial charge in [-0.15, -0.1) is 0 Å². The number of nitrogens with zero attached hydrogens (tertiary/aromatic N) is 2. The molecule has 2 aliphatic heterocycles. The maximum atomic E-state index is 13.2. The van der Waals surface area contributed by atoms with Crippen molar-refractivity contribution in [3.05, 3.63) is 78.0 Å². The summed E-state index contributed by atoms with van der Waals surface area (Å²) in [6.45, 7) is 0.281. The lowest BCUT2D eigenvalue weighted by Crippen LogP contribution is -2.48. The van der Waals surface area contributed by atoms with Crippen molar-refractivity contribution < 1.29 is 14.3 Å². The van der Waals surface area contributed by atoms with Gasteiger partial charge in [-0.05, 0) is 55.5 Å². The van der Waals surface area contributed by atoms with Gasteiger partial charge in [-0.2, -0.15) is 0 Å². The monoisotopic (exact) mass is 400 g/mol. The van der Waals surface area contributed by atoms with Crippen LogP contribution in [-0.2, 0) is 11.3 Å². The van der Waals surface area contributed by atoms with Crippen LogP contribution in [0, 0.1) is 5.92 Å². The minimum atomic E-state index is -0.256. The average molecular weight is 400 g/mol. The Balaban J connectivity index is 1.26. The third-order valence-electron chi connectivity index (χ3n) is 6.41. The fourth-order valence-electron chi connectivity index (χ4n) is 4.95. The molecule has 152 valence electrons. The predicted octanol–water partition coefficient (Wildman–Crippen LogP) is 5.00. The molecule has 0 aliphatic carbocycles. The van der Waals surface area contributed by atoms with Gasteiger partial charge in [0.1, 0.15) is 6.61 Å². The Labute approximate surface area is 175 Å². The smallest absolute Gasteiger partial charge is 0.410 e. The molecule has 2 atom stereocenters. The quantitative estimate of drug-likeness (QED) is 0.579. The lowest BCUT2D eigenvalue weighted by atomic mass is 9.84. The fraction of sp³-hybridized carbons (Fsp3) is 0.320. The van der Waals surface area contributed by atoms with Crippen molar-refractivity contribution in [3.63, 3.8) is 0 Å². The van der Waals surface area contributed by atoms with Gasteiger partial charge in [-0.25, -0.2) is 4.79 Å². The maximum Gasteiger partial charge on any atom is 0.410 e. The molecule has 0 radical (unpaired) electrons. The number of Topliss-reactive ketones (excluding diaryl/α,β-unsaturated/α-hetero) is 1. The van der Waals surface area contributed by atoms with E-state index in [2.05, 4.69) is 4.98 Å². The molecule has 0 saturated carbocycles. The summed E-state index contributed by atoms with van der Waals surface area (Å²) < 4.78 is 5.57. The molecule has 2 unspecified atom stereocenters. The van der Waals surface area contributed by atoms with Gasteiger partial charge in [-0.1, -0.05) is 36.4 Å². The first kappa shape index (κ1) is 18.8. The number of benzene rings is 2. The van der Waals surface area contributed by atoms with Gasteiger partial charge < -0.3 is 9.64 Å². The van der Waals surface area contributed by atoms with Crippen LogP contribution in [0.3, 0.4) is 0 Å². The molecule has 1 aromatic heterocycles. The Hall–Kier alpha value is -3.21. The molecule has 0 N–H and O–H groups in total. The number of aromatic nitrogens is 1. The predicted molar refractivity (Wildman–Crippen MR) is 114 cm³/mol. The van der Waals surface area contributed by atoms with Crippen LogP contribution in [0.4, 0.5) is 4.79 Å². The van der Waals surface area contributed by atoms with Gasteiger partial charge in [-0.3, -0.25) is 9.78 Å². The number of carbonyl (C=O) groups is 2. The first-order valence-electron chi connectivity index (χ1n) is 10.6. The van der Waals surface area contributed by atoms with Crippen LogP contribution < -0.4 is 0 Å². The second kappa shape index (κ2) is 7.90. The molecule has 2 fully saturated rings. The summed E-state index contributed by atoms with van der Waals surface area (Å²) in [7, 11) is 0. The third-order valence-corrected chi connectivity index (χ3v) is 6.41. The molecule has 2 aliphatic rings. The molecule has 0 spiro atoms. The zero-order valence-electron chi connectivity index (χ0n) is 16.7. The number of piperidine rings is 1. The van der Waals surface area contributed by atoms with Crippen LogP contribution in [0.1, 0.15) is 41.6 Å². The molecular formula is C25H24N2O3. The lowest BCUT2D eigenvalue weighted by molar-refractivity contribution is 0.0485. The Morgan fingerprint density at radius 2 is 1.73 bits per heavy atom. The maximum absolute atomic E-state index is 13.2. The van der Waals surface area contributed by atoms with Gasteiger partial charge in [0.15, 0.2) is 5.78 Å². The number of hydrogen-bond donors (Lipinski definition) is 0. The van der Waals surface area contributed by atoms with Crippen molar-refractivity contribution in [2.75, 3.05) is 0 Å². The number of hydrogen-bond acceptors (Lipinski definition) is 4. The summed E-state index contributed by atoms with van der Waals surface area (Å²) >= 11 is 0. The molecule has 1 amide bonds.